The Morgan fingerprint density at radius 2 is 2.30 bits per heavy atom. The molecule has 0 aliphatic heterocycles. The van der Waals surface area contributed by atoms with Gasteiger partial charge in [0.15, 0.2) is 5.13 Å². The van der Waals surface area contributed by atoms with E-state index in [9.17, 15) is 10.1 Å². The first-order valence-corrected chi connectivity index (χ1v) is 6.82. The van der Waals surface area contributed by atoms with Crippen LogP contribution in [0.1, 0.15) is 19.4 Å². The van der Waals surface area contributed by atoms with E-state index in [0.717, 1.165) is 16.9 Å². The van der Waals surface area contributed by atoms with Crippen LogP contribution in [-0.4, -0.2) is 21.0 Å². The minimum Gasteiger partial charge on any atom is -0.475 e. The van der Waals surface area contributed by atoms with E-state index in [0.29, 0.717) is 17.6 Å². The van der Waals surface area contributed by atoms with Gasteiger partial charge >= 0.3 is 5.00 Å². The summed E-state index contributed by atoms with van der Waals surface area (Å²) in [5, 5.41) is 14.1. The van der Waals surface area contributed by atoms with Gasteiger partial charge in [0.2, 0.25) is 5.88 Å². The second-order valence-corrected chi connectivity index (χ2v) is 5.26. The number of thiazole rings is 1. The van der Waals surface area contributed by atoms with Crippen LogP contribution in [0.4, 0.5) is 10.1 Å². The standard InChI is InChI=1S/C12H14N4O3S/c1-8(2)19-11-9(4-3-5-13-11)6-14-12-15-7-10(20-12)16(17)18/h3-5,7-8H,6H2,1-2H3,(H,14,15). The van der Waals surface area contributed by atoms with Gasteiger partial charge in [0.25, 0.3) is 0 Å². The molecule has 106 valence electrons. The molecule has 0 bridgehead atoms. The maximum absolute atomic E-state index is 10.6. The fourth-order valence-corrected chi connectivity index (χ4v) is 2.12. The largest absolute Gasteiger partial charge is 0.475 e. The van der Waals surface area contributed by atoms with Crippen LogP contribution in [0.3, 0.4) is 0 Å². The molecule has 2 rings (SSSR count). The summed E-state index contributed by atoms with van der Waals surface area (Å²) in [5.74, 6) is 0.557. The summed E-state index contributed by atoms with van der Waals surface area (Å²) in [6.45, 7) is 4.30. The van der Waals surface area contributed by atoms with Crippen LogP contribution in [0.15, 0.2) is 24.5 Å². The minimum atomic E-state index is -0.458. The second kappa shape index (κ2) is 6.29. The molecule has 0 aliphatic rings. The van der Waals surface area contributed by atoms with Crippen molar-refractivity contribution in [3.8, 4) is 5.88 Å². The highest BCUT2D eigenvalue weighted by Gasteiger charge is 2.12. The molecule has 8 heteroatoms. The maximum atomic E-state index is 10.6. The molecular weight excluding hydrogens is 280 g/mol. The molecule has 0 fully saturated rings. The number of aromatic nitrogens is 2. The van der Waals surface area contributed by atoms with Gasteiger partial charge in [-0.1, -0.05) is 6.07 Å². The van der Waals surface area contributed by atoms with Crippen LogP contribution in [0.5, 0.6) is 5.88 Å². The highest BCUT2D eigenvalue weighted by atomic mass is 32.1. The first-order chi connectivity index (χ1) is 9.56. The normalized spacial score (nSPS) is 10.6. The van der Waals surface area contributed by atoms with Crippen LogP contribution in [0.2, 0.25) is 0 Å². The molecule has 1 N–H and O–H groups in total. The molecule has 2 aromatic rings. The molecule has 0 aromatic carbocycles. The monoisotopic (exact) mass is 294 g/mol. The van der Waals surface area contributed by atoms with Gasteiger partial charge in [0, 0.05) is 18.3 Å². The van der Waals surface area contributed by atoms with Crippen molar-refractivity contribution in [3.05, 3.63) is 40.2 Å². The fraction of sp³-hybridized carbons (Fsp3) is 0.333. The van der Waals surface area contributed by atoms with Gasteiger partial charge in [0.1, 0.15) is 6.20 Å². The second-order valence-electron chi connectivity index (χ2n) is 4.25. The predicted molar refractivity (Wildman–Crippen MR) is 76.1 cm³/mol. The fourth-order valence-electron chi connectivity index (χ4n) is 1.49. The van der Waals surface area contributed by atoms with Crippen molar-refractivity contribution in [2.45, 2.75) is 26.5 Å². The molecule has 2 heterocycles. The Bertz CT molecular complexity index is 600. The van der Waals surface area contributed by atoms with E-state index >= 15 is 0 Å². The zero-order valence-electron chi connectivity index (χ0n) is 11.1. The van der Waals surface area contributed by atoms with Crippen LogP contribution in [0, 0.1) is 10.1 Å². The van der Waals surface area contributed by atoms with Gasteiger partial charge in [-0.15, -0.1) is 0 Å². The Morgan fingerprint density at radius 1 is 1.50 bits per heavy atom. The summed E-state index contributed by atoms with van der Waals surface area (Å²) in [4.78, 5) is 18.2. The third kappa shape index (κ3) is 3.64. The zero-order chi connectivity index (χ0) is 14.5. The summed E-state index contributed by atoms with van der Waals surface area (Å²) >= 11 is 0.997. The van der Waals surface area contributed by atoms with E-state index in [1.807, 2.05) is 26.0 Å². The van der Waals surface area contributed by atoms with E-state index < -0.39 is 4.92 Å². The molecule has 0 aliphatic carbocycles. The number of pyridine rings is 1. The predicted octanol–water partition coefficient (Wildman–Crippen LogP) is 2.85. The summed E-state index contributed by atoms with van der Waals surface area (Å²) in [6.07, 6.45) is 2.93. The van der Waals surface area contributed by atoms with Gasteiger partial charge in [-0.3, -0.25) is 10.1 Å². The molecule has 0 unspecified atom stereocenters. The molecule has 2 aromatic heterocycles. The Balaban J connectivity index is 2.04. The first kappa shape index (κ1) is 14.2. The average molecular weight is 294 g/mol. The third-order valence-corrected chi connectivity index (χ3v) is 3.21. The van der Waals surface area contributed by atoms with Gasteiger partial charge < -0.3 is 10.1 Å². The number of anilines is 1. The molecule has 0 amide bonds. The van der Waals surface area contributed by atoms with E-state index in [1.54, 1.807) is 6.20 Å². The van der Waals surface area contributed by atoms with E-state index in [4.69, 9.17) is 4.74 Å². The van der Waals surface area contributed by atoms with Crippen molar-refractivity contribution in [1.82, 2.24) is 9.97 Å². The van der Waals surface area contributed by atoms with Crippen LogP contribution in [0.25, 0.3) is 0 Å². The van der Waals surface area contributed by atoms with Crippen LogP contribution >= 0.6 is 11.3 Å². The van der Waals surface area contributed by atoms with Crippen molar-refractivity contribution in [2.75, 3.05) is 5.32 Å². The summed E-state index contributed by atoms with van der Waals surface area (Å²) < 4.78 is 5.60. The van der Waals surface area contributed by atoms with E-state index in [-0.39, 0.29) is 11.1 Å². The maximum Gasteiger partial charge on any atom is 0.345 e. The molecule has 0 atom stereocenters. The Kier molecular flexibility index (Phi) is 4.46. The Labute approximate surface area is 119 Å². The first-order valence-electron chi connectivity index (χ1n) is 6.01. The van der Waals surface area contributed by atoms with Crippen molar-refractivity contribution < 1.29 is 9.66 Å². The molecule has 0 saturated carbocycles. The van der Waals surface area contributed by atoms with Gasteiger partial charge in [0.05, 0.1) is 11.0 Å². The van der Waals surface area contributed by atoms with Crippen molar-refractivity contribution in [1.29, 1.82) is 0 Å². The molecule has 0 spiro atoms. The van der Waals surface area contributed by atoms with Crippen molar-refractivity contribution >= 4 is 21.5 Å². The number of rotatable bonds is 6. The van der Waals surface area contributed by atoms with E-state index in [2.05, 4.69) is 15.3 Å². The molecule has 20 heavy (non-hydrogen) atoms. The lowest BCUT2D eigenvalue weighted by atomic mass is 10.2. The van der Waals surface area contributed by atoms with Crippen molar-refractivity contribution in [3.63, 3.8) is 0 Å². The van der Waals surface area contributed by atoms with Crippen LogP contribution in [-0.2, 0) is 6.54 Å². The minimum absolute atomic E-state index is 0.0114. The Hall–Kier alpha value is -2.22. The third-order valence-electron chi connectivity index (χ3n) is 2.30. The highest BCUT2D eigenvalue weighted by Crippen LogP contribution is 2.26. The summed E-state index contributed by atoms with van der Waals surface area (Å²) in [7, 11) is 0. The number of nitro groups is 1. The quantitative estimate of drug-likeness (QED) is 0.650. The lowest BCUT2D eigenvalue weighted by Gasteiger charge is -2.12. The van der Waals surface area contributed by atoms with Gasteiger partial charge in [-0.05, 0) is 31.3 Å². The van der Waals surface area contributed by atoms with Gasteiger partial charge in [-0.2, -0.15) is 0 Å². The number of ether oxygens (including phenoxy) is 1. The topological polar surface area (TPSA) is 90.2 Å². The summed E-state index contributed by atoms with van der Waals surface area (Å²) in [5.41, 5.74) is 0.874. The average Bonchev–Trinajstić information content (AvgIpc) is 2.86. The molecule has 0 radical (unpaired) electrons. The number of nitrogens with one attached hydrogen (secondary N) is 1. The Morgan fingerprint density at radius 3 is 2.95 bits per heavy atom. The van der Waals surface area contributed by atoms with E-state index in [1.165, 1.54) is 6.20 Å². The number of hydrogen-bond donors (Lipinski definition) is 1. The number of nitrogens with zero attached hydrogens (tertiary/aromatic N) is 3. The molecular formula is C12H14N4O3S. The highest BCUT2D eigenvalue weighted by molar-refractivity contribution is 7.18. The SMILES string of the molecule is CC(C)Oc1ncccc1CNc1ncc([N+](=O)[O-])s1. The number of hydrogen-bond acceptors (Lipinski definition) is 7. The lowest BCUT2D eigenvalue weighted by Crippen LogP contribution is -2.10. The van der Waals surface area contributed by atoms with Crippen molar-refractivity contribution in [2.24, 2.45) is 0 Å². The molecule has 0 saturated heterocycles. The zero-order valence-corrected chi connectivity index (χ0v) is 11.9. The summed E-state index contributed by atoms with van der Waals surface area (Å²) in [6, 6.07) is 3.70. The molecule has 7 nitrogen and oxygen atoms in total. The smallest absolute Gasteiger partial charge is 0.345 e. The van der Waals surface area contributed by atoms with Crippen LogP contribution < -0.4 is 10.1 Å². The lowest BCUT2D eigenvalue weighted by molar-refractivity contribution is -0.380. The van der Waals surface area contributed by atoms with Gasteiger partial charge in [-0.25, -0.2) is 9.97 Å².